The molecule has 0 aliphatic heterocycles. The highest BCUT2D eigenvalue weighted by Gasteiger charge is 2.15. The number of fused-ring (bicyclic) bond motifs is 1. The maximum absolute atomic E-state index is 11.1. The third-order valence-electron chi connectivity index (χ3n) is 3.94. The molecular formula is C18H13N3O3. The lowest BCUT2D eigenvalue weighted by Crippen LogP contribution is -1.95. The summed E-state index contributed by atoms with van der Waals surface area (Å²) in [6, 6.07) is 14.3. The Kier molecular flexibility index (Phi) is 3.16. The van der Waals surface area contributed by atoms with Crippen molar-refractivity contribution >= 4 is 16.9 Å². The van der Waals surface area contributed by atoms with E-state index in [2.05, 4.69) is 10.2 Å². The Hall–Kier alpha value is -3.41. The van der Waals surface area contributed by atoms with Crippen LogP contribution in [-0.2, 0) is 7.05 Å². The summed E-state index contributed by atoms with van der Waals surface area (Å²) in [5.74, 6) is -0.297. The van der Waals surface area contributed by atoms with Crippen LogP contribution >= 0.6 is 0 Å². The minimum Gasteiger partial charge on any atom is -0.478 e. The third kappa shape index (κ3) is 2.25. The van der Waals surface area contributed by atoms with Crippen molar-refractivity contribution in [2.75, 3.05) is 0 Å². The van der Waals surface area contributed by atoms with Gasteiger partial charge in [-0.2, -0.15) is 0 Å². The zero-order chi connectivity index (χ0) is 16.7. The molecule has 0 aliphatic rings. The second kappa shape index (κ2) is 5.34. The number of aromatic nitrogens is 3. The highest BCUT2D eigenvalue weighted by molar-refractivity contribution is 5.93. The van der Waals surface area contributed by atoms with Gasteiger partial charge in [-0.1, -0.05) is 12.1 Å². The first-order valence-corrected chi connectivity index (χ1v) is 7.35. The number of aromatic carboxylic acids is 1. The Bertz CT molecular complexity index is 1060. The highest BCUT2D eigenvalue weighted by atomic mass is 16.4. The number of carbonyl (C=O) groups is 1. The Morgan fingerprint density at radius 1 is 1.08 bits per heavy atom. The van der Waals surface area contributed by atoms with Gasteiger partial charge in [-0.25, -0.2) is 4.79 Å². The minimum absolute atomic E-state index is 0.178. The number of benzene rings is 2. The van der Waals surface area contributed by atoms with Crippen LogP contribution < -0.4 is 0 Å². The van der Waals surface area contributed by atoms with E-state index in [-0.39, 0.29) is 5.56 Å². The summed E-state index contributed by atoms with van der Waals surface area (Å²) < 4.78 is 7.80. The fourth-order valence-corrected chi connectivity index (χ4v) is 2.72. The lowest BCUT2D eigenvalue weighted by atomic mass is 10.1. The van der Waals surface area contributed by atoms with E-state index in [4.69, 9.17) is 9.52 Å². The molecule has 2 heterocycles. The van der Waals surface area contributed by atoms with Gasteiger partial charge in [0.1, 0.15) is 0 Å². The Balaban J connectivity index is 1.80. The van der Waals surface area contributed by atoms with E-state index in [1.165, 1.54) is 12.1 Å². The summed E-state index contributed by atoms with van der Waals surface area (Å²) in [4.78, 5) is 11.1. The number of carboxylic acids is 1. The molecule has 118 valence electrons. The molecule has 0 aliphatic carbocycles. The molecule has 0 atom stereocenters. The van der Waals surface area contributed by atoms with E-state index in [1.807, 2.05) is 42.1 Å². The maximum atomic E-state index is 11.1. The van der Waals surface area contributed by atoms with Gasteiger partial charge < -0.3 is 14.1 Å². The van der Waals surface area contributed by atoms with Crippen LogP contribution in [0.3, 0.4) is 0 Å². The predicted octanol–water partition coefficient (Wildman–Crippen LogP) is 3.59. The number of nitrogens with zero attached hydrogens (tertiary/aromatic N) is 3. The first-order chi connectivity index (χ1) is 11.6. The van der Waals surface area contributed by atoms with Crippen molar-refractivity contribution in [1.82, 2.24) is 14.8 Å². The maximum Gasteiger partial charge on any atom is 0.335 e. The van der Waals surface area contributed by atoms with E-state index < -0.39 is 5.97 Å². The number of hydrogen-bond donors (Lipinski definition) is 1. The van der Waals surface area contributed by atoms with Crippen molar-refractivity contribution in [3.63, 3.8) is 0 Å². The van der Waals surface area contributed by atoms with Crippen LogP contribution in [0, 0.1) is 0 Å². The van der Waals surface area contributed by atoms with Gasteiger partial charge in [-0.05, 0) is 36.4 Å². The van der Waals surface area contributed by atoms with Gasteiger partial charge in [0.2, 0.25) is 11.8 Å². The zero-order valence-corrected chi connectivity index (χ0v) is 12.8. The lowest BCUT2D eigenvalue weighted by molar-refractivity contribution is 0.0697. The molecule has 4 rings (SSSR count). The topological polar surface area (TPSA) is 81.2 Å². The summed E-state index contributed by atoms with van der Waals surface area (Å²) in [5, 5.41) is 18.3. The van der Waals surface area contributed by atoms with Crippen molar-refractivity contribution < 1.29 is 14.3 Å². The van der Waals surface area contributed by atoms with Crippen LogP contribution in [0.4, 0.5) is 0 Å². The molecule has 6 nitrogen and oxygen atoms in total. The number of aryl methyl sites for hydroxylation is 1. The largest absolute Gasteiger partial charge is 0.478 e. The van der Waals surface area contributed by atoms with Crippen molar-refractivity contribution in [2.24, 2.45) is 7.05 Å². The molecule has 2 aromatic heterocycles. The summed E-state index contributed by atoms with van der Waals surface area (Å²) >= 11 is 0. The molecular weight excluding hydrogens is 306 g/mol. The average molecular weight is 319 g/mol. The van der Waals surface area contributed by atoms with Crippen LogP contribution in [0.2, 0.25) is 0 Å². The molecule has 0 amide bonds. The molecule has 0 spiro atoms. The minimum atomic E-state index is -0.995. The average Bonchev–Trinajstić information content (AvgIpc) is 3.22. The Morgan fingerprint density at radius 2 is 1.88 bits per heavy atom. The Morgan fingerprint density at radius 3 is 2.71 bits per heavy atom. The molecule has 2 aromatic carbocycles. The normalized spacial score (nSPS) is 11.0. The van der Waals surface area contributed by atoms with Gasteiger partial charge in [0.25, 0.3) is 0 Å². The van der Waals surface area contributed by atoms with E-state index >= 15 is 0 Å². The summed E-state index contributed by atoms with van der Waals surface area (Å²) in [7, 11) is 1.97. The van der Waals surface area contributed by atoms with Crippen LogP contribution in [0.5, 0.6) is 0 Å². The highest BCUT2D eigenvalue weighted by Crippen LogP contribution is 2.30. The third-order valence-corrected chi connectivity index (χ3v) is 3.94. The van der Waals surface area contributed by atoms with Crippen molar-refractivity contribution in [3.8, 4) is 22.9 Å². The first-order valence-electron chi connectivity index (χ1n) is 7.35. The van der Waals surface area contributed by atoms with Crippen molar-refractivity contribution in [2.45, 2.75) is 0 Å². The van der Waals surface area contributed by atoms with Gasteiger partial charge in [0.15, 0.2) is 0 Å². The first kappa shape index (κ1) is 14.2. The van der Waals surface area contributed by atoms with Crippen LogP contribution in [0.15, 0.2) is 59.1 Å². The molecule has 0 fully saturated rings. The standard InChI is InChI=1S/C18H13N3O3/c1-21-9-8-13-14(6-3-7-15(13)21)17-20-19-16(24-17)11-4-2-5-12(10-11)18(22)23/h2-10H,1H3,(H,22,23). The summed E-state index contributed by atoms with van der Waals surface area (Å²) in [6.45, 7) is 0. The smallest absolute Gasteiger partial charge is 0.335 e. The van der Waals surface area contributed by atoms with Crippen LogP contribution in [-0.4, -0.2) is 25.8 Å². The SMILES string of the molecule is Cn1ccc2c(-c3nnc(-c4cccc(C(=O)O)c4)o3)cccc21. The van der Waals surface area contributed by atoms with E-state index in [9.17, 15) is 4.79 Å². The molecule has 0 saturated heterocycles. The fourth-order valence-electron chi connectivity index (χ4n) is 2.72. The molecule has 0 radical (unpaired) electrons. The number of hydrogen-bond acceptors (Lipinski definition) is 4. The van der Waals surface area contributed by atoms with Crippen LogP contribution in [0.1, 0.15) is 10.4 Å². The molecule has 0 saturated carbocycles. The second-order valence-electron chi connectivity index (χ2n) is 5.46. The van der Waals surface area contributed by atoms with Gasteiger partial charge in [0, 0.05) is 35.3 Å². The lowest BCUT2D eigenvalue weighted by Gasteiger charge is -2.00. The fraction of sp³-hybridized carbons (Fsp3) is 0.0556. The van der Waals surface area contributed by atoms with Gasteiger partial charge in [-0.3, -0.25) is 0 Å². The quantitative estimate of drug-likeness (QED) is 0.624. The van der Waals surface area contributed by atoms with Crippen molar-refractivity contribution in [1.29, 1.82) is 0 Å². The van der Waals surface area contributed by atoms with Gasteiger partial charge in [-0.15, -0.1) is 10.2 Å². The Labute approximate surface area is 137 Å². The molecule has 6 heteroatoms. The molecule has 24 heavy (non-hydrogen) atoms. The van der Waals surface area contributed by atoms with Gasteiger partial charge >= 0.3 is 5.97 Å². The van der Waals surface area contributed by atoms with E-state index in [1.54, 1.807) is 12.1 Å². The summed E-state index contributed by atoms with van der Waals surface area (Å²) in [5.41, 5.74) is 2.67. The molecule has 1 N–H and O–H groups in total. The number of carboxylic acid groups (broad SMARTS) is 1. The summed E-state index contributed by atoms with van der Waals surface area (Å²) in [6.07, 6.45) is 1.97. The van der Waals surface area contributed by atoms with E-state index in [0.717, 1.165) is 16.5 Å². The predicted molar refractivity (Wildman–Crippen MR) is 88.6 cm³/mol. The molecule has 0 unspecified atom stereocenters. The van der Waals surface area contributed by atoms with Gasteiger partial charge in [0.05, 0.1) is 5.56 Å². The van der Waals surface area contributed by atoms with Crippen molar-refractivity contribution in [3.05, 3.63) is 60.3 Å². The second-order valence-corrected chi connectivity index (χ2v) is 5.46. The zero-order valence-electron chi connectivity index (χ0n) is 12.8. The number of rotatable bonds is 3. The van der Waals surface area contributed by atoms with E-state index in [0.29, 0.717) is 17.3 Å². The molecule has 4 aromatic rings. The molecule has 0 bridgehead atoms. The van der Waals surface area contributed by atoms with Crippen LogP contribution in [0.25, 0.3) is 33.8 Å². The monoisotopic (exact) mass is 319 g/mol.